The summed E-state index contributed by atoms with van der Waals surface area (Å²) in [6, 6.07) is 7.68. The third-order valence-corrected chi connectivity index (χ3v) is 3.21. The predicted octanol–water partition coefficient (Wildman–Crippen LogP) is 2.50. The first-order chi connectivity index (χ1) is 8.90. The molecule has 1 N–H and O–H groups in total. The minimum Gasteiger partial charge on any atom is -0.490 e. The van der Waals surface area contributed by atoms with Crippen molar-refractivity contribution in [1.29, 1.82) is 0 Å². The number of methoxy groups -OCH3 is 1. The van der Waals surface area contributed by atoms with E-state index in [0.29, 0.717) is 11.7 Å². The van der Waals surface area contributed by atoms with Gasteiger partial charge in [-0.2, -0.15) is 0 Å². The van der Waals surface area contributed by atoms with E-state index in [9.17, 15) is 9.90 Å². The molecule has 1 aromatic carbocycles. The molecule has 0 heterocycles. The number of rotatable bonds is 6. The highest BCUT2D eigenvalue weighted by Crippen LogP contribution is 2.22. The van der Waals surface area contributed by atoms with Gasteiger partial charge in [-0.05, 0) is 37.0 Å². The second-order valence-electron chi connectivity index (χ2n) is 4.93. The van der Waals surface area contributed by atoms with Crippen LogP contribution in [0.25, 0.3) is 0 Å². The molecule has 4 heteroatoms. The van der Waals surface area contributed by atoms with Gasteiger partial charge in [0.2, 0.25) is 0 Å². The molecule has 4 nitrogen and oxygen atoms in total. The molecular formula is C15H22O4. The Kier molecular flexibility index (Phi) is 5.36. The van der Waals surface area contributed by atoms with Gasteiger partial charge in [0, 0.05) is 0 Å². The lowest BCUT2D eigenvalue weighted by Crippen LogP contribution is -2.42. The summed E-state index contributed by atoms with van der Waals surface area (Å²) >= 11 is 0. The van der Waals surface area contributed by atoms with Crippen LogP contribution in [0.4, 0.5) is 0 Å². The number of hydrogen-bond donors (Lipinski definition) is 1. The Morgan fingerprint density at radius 3 is 2.42 bits per heavy atom. The van der Waals surface area contributed by atoms with E-state index in [-0.39, 0.29) is 6.61 Å². The molecule has 1 rings (SSSR count). The standard InChI is InChI=1S/C15H22O4/c1-5-11(2)12-6-8-13(9-7-12)19-10-15(3,17)14(16)18-4/h6-9,11,17H,5,10H2,1-4H3. The minimum absolute atomic E-state index is 0.137. The summed E-state index contributed by atoms with van der Waals surface area (Å²) < 4.78 is 9.91. The number of esters is 1. The maximum absolute atomic E-state index is 11.3. The van der Waals surface area contributed by atoms with Crippen LogP contribution in [0.15, 0.2) is 24.3 Å². The van der Waals surface area contributed by atoms with Gasteiger partial charge in [-0.1, -0.05) is 26.0 Å². The minimum atomic E-state index is -1.63. The van der Waals surface area contributed by atoms with Crippen LogP contribution in [0, 0.1) is 0 Å². The van der Waals surface area contributed by atoms with Gasteiger partial charge in [-0.25, -0.2) is 4.79 Å². The van der Waals surface area contributed by atoms with Crippen molar-refractivity contribution in [2.45, 2.75) is 38.7 Å². The van der Waals surface area contributed by atoms with Gasteiger partial charge in [0.05, 0.1) is 7.11 Å². The van der Waals surface area contributed by atoms with Crippen LogP contribution in [-0.4, -0.2) is 30.4 Å². The summed E-state index contributed by atoms with van der Waals surface area (Å²) in [6.07, 6.45) is 1.08. The third kappa shape index (κ3) is 4.24. The summed E-state index contributed by atoms with van der Waals surface area (Å²) in [7, 11) is 1.23. The van der Waals surface area contributed by atoms with Crippen molar-refractivity contribution >= 4 is 5.97 Å². The number of aliphatic hydroxyl groups is 1. The van der Waals surface area contributed by atoms with Crippen molar-refractivity contribution in [2.24, 2.45) is 0 Å². The summed E-state index contributed by atoms with van der Waals surface area (Å²) in [5.74, 6) is 0.423. The first kappa shape index (κ1) is 15.5. The quantitative estimate of drug-likeness (QED) is 0.804. The van der Waals surface area contributed by atoms with Crippen molar-refractivity contribution in [2.75, 3.05) is 13.7 Å². The average molecular weight is 266 g/mol. The van der Waals surface area contributed by atoms with Crippen LogP contribution in [0.2, 0.25) is 0 Å². The van der Waals surface area contributed by atoms with E-state index in [4.69, 9.17) is 4.74 Å². The molecule has 0 bridgehead atoms. The second kappa shape index (κ2) is 6.57. The molecule has 0 aliphatic rings. The highest BCUT2D eigenvalue weighted by atomic mass is 16.6. The van der Waals surface area contributed by atoms with Crippen molar-refractivity contribution in [3.8, 4) is 5.75 Å². The molecule has 0 saturated heterocycles. The molecule has 19 heavy (non-hydrogen) atoms. The van der Waals surface area contributed by atoms with Gasteiger partial charge in [-0.15, -0.1) is 0 Å². The molecule has 0 radical (unpaired) electrons. The second-order valence-corrected chi connectivity index (χ2v) is 4.93. The van der Waals surface area contributed by atoms with E-state index in [1.807, 2.05) is 24.3 Å². The Bertz CT molecular complexity index is 409. The average Bonchev–Trinajstić information content (AvgIpc) is 2.43. The zero-order chi connectivity index (χ0) is 14.5. The number of benzene rings is 1. The van der Waals surface area contributed by atoms with Crippen molar-refractivity contribution in [3.63, 3.8) is 0 Å². The van der Waals surface area contributed by atoms with E-state index >= 15 is 0 Å². The fraction of sp³-hybridized carbons (Fsp3) is 0.533. The van der Waals surface area contributed by atoms with E-state index in [2.05, 4.69) is 18.6 Å². The maximum Gasteiger partial charge on any atom is 0.341 e. The predicted molar refractivity (Wildman–Crippen MR) is 73.3 cm³/mol. The SMILES string of the molecule is CCC(C)c1ccc(OCC(C)(O)C(=O)OC)cc1. The summed E-state index contributed by atoms with van der Waals surface area (Å²) in [5, 5.41) is 9.83. The normalized spacial score (nSPS) is 15.4. The summed E-state index contributed by atoms with van der Waals surface area (Å²) in [4.78, 5) is 11.3. The maximum atomic E-state index is 11.3. The highest BCUT2D eigenvalue weighted by molar-refractivity contribution is 5.78. The van der Waals surface area contributed by atoms with Crippen LogP contribution in [0.5, 0.6) is 5.75 Å². The number of ether oxygens (including phenoxy) is 2. The Morgan fingerprint density at radius 2 is 1.95 bits per heavy atom. The van der Waals surface area contributed by atoms with Gasteiger partial charge >= 0.3 is 5.97 Å². The molecule has 2 atom stereocenters. The van der Waals surface area contributed by atoms with E-state index < -0.39 is 11.6 Å². The Labute approximate surface area is 114 Å². The molecule has 0 spiro atoms. The molecule has 0 amide bonds. The lowest BCUT2D eigenvalue weighted by atomic mass is 9.99. The van der Waals surface area contributed by atoms with Crippen LogP contribution in [0.1, 0.15) is 38.7 Å². The van der Waals surface area contributed by atoms with E-state index in [1.165, 1.54) is 19.6 Å². The molecule has 0 aliphatic heterocycles. The number of carbonyl (C=O) groups excluding carboxylic acids is 1. The van der Waals surface area contributed by atoms with Crippen LogP contribution < -0.4 is 4.74 Å². The molecular weight excluding hydrogens is 244 g/mol. The van der Waals surface area contributed by atoms with Crippen LogP contribution >= 0.6 is 0 Å². The topological polar surface area (TPSA) is 55.8 Å². The lowest BCUT2D eigenvalue weighted by molar-refractivity contribution is -0.163. The molecule has 106 valence electrons. The summed E-state index contributed by atoms with van der Waals surface area (Å²) in [6.45, 7) is 5.54. The third-order valence-electron chi connectivity index (χ3n) is 3.21. The molecule has 0 fully saturated rings. The molecule has 0 aliphatic carbocycles. The lowest BCUT2D eigenvalue weighted by Gasteiger charge is -2.20. The van der Waals surface area contributed by atoms with Gasteiger partial charge in [0.25, 0.3) is 0 Å². The fourth-order valence-corrected chi connectivity index (χ4v) is 1.63. The van der Waals surface area contributed by atoms with E-state index in [0.717, 1.165) is 6.42 Å². The largest absolute Gasteiger partial charge is 0.490 e. The van der Waals surface area contributed by atoms with E-state index in [1.54, 1.807) is 0 Å². The molecule has 0 saturated carbocycles. The van der Waals surface area contributed by atoms with Crippen molar-refractivity contribution < 1.29 is 19.4 Å². The Hall–Kier alpha value is -1.55. The first-order valence-corrected chi connectivity index (χ1v) is 6.44. The smallest absolute Gasteiger partial charge is 0.341 e. The monoisotopic (exact) mass is 266 g/mol. The number of hydrogen-bond acceptors (Lipinski definition) is 4. The van der Waals surface area contributed by atoms with Crippen molar-refractivity contribution in [1.82, 2.24) is 0 Å². The van der Waals surface area contributed by atoms with Gasteiger partial charge in [-0.3, -0.25) is 0 Å². The van der Waals surface area contributed by atoms with Gasteiger partial charge in [0.15, 0.2) is 5.60 Å². The Balaban J connectivity index is 2.62. The Morgan fingerprint density at radius 1 is 1.37 bits per heavy atom. The highest BCUT2D eigenvalue weighted by Gasteiger charge is 2.32. The van der Waals surface area contributed by atoms with Crippen LogP contribution in [0.3, 0.4) is 0 Å². The molecule has 2 unspecified atom stereocenters. The number of carbonyl (C=O) groups is 1. The van der Waals surface area contributed by atoms with Crippen molar-refractivity contribution in [3.05, 3.63) is 29.8 Å². The molecule has 0 aromatic heterocycles. The summed E-state index contributed by atoms with van der Waals surface area (Å²) in [5.41, 5.74) is -0.390. The fourth-order valence-electron chi connectivity index (χ4n) is 1.63. The van der Waals surface area contributed by atoms with Gasteiger partial charge in [0.1, 0.15) is 12.4 Å². The first-order valence-electron chi connectivity index (χ1n) is 6.44. The van der Waals surface area contributed by atoms with Gasteiger partial charge < -0.3 is 14.6 Å². The molecule has 1 aromatic rings. The van der Waals surface area contributed by atoms with Crippen LogP contribution in [-0.2, 0) is 9.53 Å². The zero-order valence-corrected chi connectivity index (χ0v) is 12.0. The zero-order valence-electron chi connectivity index (χ0n) is 12.0.